The Morgan fingerprint density at radius 3 is 2.71 bits per heavy atom. The minimum Gasteiger partial charge on any atom is -0.294 e. The Morgan fingerprint density at radius 2 is 2.00 bits per heavy atom. The molecule has 3 rings (SSSR count). The van der Waals surface area contributed by atoms with Gasteiger partial charge >= 0.3 is 0 Å². The first kappa shape index (κ1) is 10.5. The fourth-order valence-corrected chi connectivity index (χ4v) is 2.13. The van der Waals surface area contributed by atoms with Crippen LogP contribution in [0.2, 0.25) is 0 Å². The summed E-state index contributed by atoms with van der Waals surface area (Å²) in [5.74, 6) is 0.278. The molecule has 2 aromatic rings. The van der Waals surface area contributed by atoms with Crippen LogP contribution in [0.25, 0.3) is 10.9 Å². The van der Waals surface area contributed by atoms with E-state index in [9.17, 15) is 4.79 Å². The average molecular weight is 225 g/mol. The monoisotopic (exact) mass is 225 g/mol. The third kappa shape index (κ3) is 1.74. The fourth-order valence-electron chi connectivity index (χ4n) is 2.13. The Kier molecular flexibility index (Phi) is 2.09. The Balaban J connectivity index is 2.08. The summed E-state index contributed by atoms with van der Waals surface area (Å²) < 4.78 is 0. The van der Waals surface area contributed by atoms with Gasteiger partial charge in [0.25, 0.3) is 0 Å². The molecule has 0 spiro atoms. The van der Waals surface area contributed by atoms with E-state index in [0.29, 0.717) is 0 Å². The van der Waals surface area contributed by atoms with E-state index < -0.39 is 0 Å². The number of nitrogens with zero attached hydrogens (tertiary/aromatic N) is 1. The molecule has 1 aromatic carbocycles. The summed E-state index contributed by atoms with van der Waals surface area (Å²) in [4.78, 5) is 16.7. The normalized spacial score (nSPS) is 17.1. The van der Waals surface area contributed by atoms with Crippen molar-refractivity contribution in [2.45, 2.75) is 26.7 Å². The number of fused-ring (bicyclic) bond motifs is 1. The largest absolute Gasteiger partial charge is 0.294 e. The summed E-state index contributed by atoms with van der Waals surface area (Å²) >= 11 is 0. The van der Waals surface area contributed by atoms with Crippen LogP contribution in [0.5, 0.6) is 0 Å². The number of aryl methyl sites for hydroxylation is 1. The Labute approximate surface area is 101 Å². The molecular weight excluding hydrogens is 210 g/mol. The van der Waals surface area contributed by atoms with Crippen molar-refractivity contribution in [2.75, 3.05) is 0 Å². The van der Waals surface area contributed by atoms with Crippen LogP contribution in [0.3, 0.4) is 0 Å². The second-order valence-corrected chi connectivity index (χ2v) is 5.25. The molecule has 17 heavy (non-hydrogen) atoms. The highest BCUT2D eigenvalue weighted by Gasteiger charge is 2.44. The highest BCUT2D eigenvalue weighted by atomic mass is 16.1. The van der Waals surface area contributed by atoms with E-state index in [1.807, 2.05) is 44.2 Å². The zero-order valence-electron chi connectivity index (χ0n) is 10.2. The third-order valence-electron chi connectivity index (χ3n) is 3.64. The van der Waals surface area contributed by atoms with Crippen molar-refractivity contribution in [1.29, 1.82) is 0 Å². The molecule has 0 N–H and O–H groups in total. The smallest absolute Gasteiger partial charge is 0.168 e. The maximum atomic E-state index is 12.2. The Bertz CT molecular complexity index is 611. The first-order valence-electron chi connectivity index (χ1n) is 6.01. The SMILES string of the molecule is Cc1ccc2cc(C(=O)C3(C)CC3)ccc2n1. The molecule has 2 heteroatoms. The predicted molar refractivity (Wildman–Crippen MR) is 68.2 cm³/mol. The lowest BCUT2D eigenvalue weighted by molar-refractivity contribution is 0.0912. The van der Waals surface area contributed by atoms with Gasteiger partial charge in [0.05, 0.1) is 5.52 Å². The fraction of sp³-hybridized carbons (Fsp3) is 0.333. The standard InChI is InChI=1S/C15H15NO/c1-10-3-4-11-9-12(5-6-13(11)16-10)14(17)15(2)7-8-15/h3-6,9H,7-8H2,1-2H3. The van der Waals surface area contributed by atoms with Crippen molar-refractivity contribution in [3.63, 3.8) is 0 Å². The molecule has 0 amide bonds. The molecule has 0 unspecified atom stereocenters. The topological polar surface area (TPSA) is 30.0 Å². The molecule has 1 saturated carbocycles. The van der Waals surface area contributed by atoms with Crippen LogP contribution < -0.4 is 0 Å². The number of benzene rings is 1. The van der Waals surface area contributed by atoms with Crippen LogP contribution in [0.1, 0.15) is 35.8 Å². The second-order valence-electron chi connectivity index (χ2n) is 5.25. The number of carbonyl (C=O) groups excluding carboxylic acids is 1. The molecule has 1 fully saturated rings. The number of pyridine rings is 1. The number of ketones is 1. The summed E-state index contributed by atoms with van der Waals surface area (Å²) in [5.41, 5.74) is 2.70. The minimum absolute atomic E-state index is 0.0915. The van der Waals surface area contributed by atoms with Gasteiger partial charge in [-0.15, -0.1) is 0 Å². The second kappa shape index (κ2) is 3.39. The molecule has 0 radical (unpaired) electrons. The first-order valence-corrected chi connectivity index (χ1v) is 6.01. The summed E-state index contributed by atoms with van der Waals surface area (Å²) in [6, 6.07) is 9.83. The molecule has 0 saturated heterocycles. The summed E-state index contributed by atoms with van der Waals surface area (Å²) in [7, 11) is 0. The van der Waals surface area contributed by atoms with E-state index in [4.69, 9.17) is 0 Å². The van der Waals surface area contributed by atoms with E-state index in [1.54, 1.807) is 0 Å². The van der Waals surface area contributed by atoms with E-state index in [2.05, 4.69) is 4.98 Å². The number of hydrogen-bond donors (Lipinski definition) is 0. The van der Waals surface area contributed by atoms with Crippen LogP contribution in [0.4, 0.5) is 0 Å². The molecule has 0 atom stereocenters. The first-order chi connectivity index (χ1) is 8.08. The number of carbonyl (C=O) groups is 1. The van der Waals surface area contributed by atoms with Crippen LogP contribution in [-0.2, 0) is 0 Å². The van der Waals surface area contributed by atoms with E-state index in [0.717, 1.165) is 35.0 Å². The van der Waals surface area contributed by atoms with Crippen LogP contribution >= 0.6 is 0 Å². The van der Waals surface area contributed by atoms with Crippen molar-refractivity contribution in [3.05, 3.63) is 41.6 Å². The molecule has 1 aliphatic carbocycles. The van der Waals surface area contributed by atoms with Crippen LogP contribution in [0, 0.1) is 12.3 Å². The van der Waals surface area contributed by atoms with Gasteiger partial charge in [-0.2, -0.15) is 0 Å². The van der Waals surface area contributed by atoms with Gasteiger partial charge < -0.3 is 0 Å². The number of Topliss-reactive ketones (excluding diaryl/α,β-unsaturated/α-hetero) is 1. The lowest BCUT2D eigenvalue weighted by Gasteiger charge is -2.08. The van der Waals surface area contributed by atoms with Gasteiger partial charge in [-0.05, 0) is 44.0 Å². The lowest BCUT2D eigenvalue weighted by atomic mass is 9.96. The molecule has 1 aliphatic rings. The summed E-state index contributed by atoms with van der Waals surface area (Å²) in [6.45, 7) is 4.02. The van der Waals surface area contributed by atoms with Crippen molar-refractivity contribution >= 4 is 16.7 Å². The maximum absolute atomic E-state index is 12.2. The van der Waals surface area contributed by atoms with Crippen LogP contribution in [-0.4, -0.2) is 10.8 Å². The minimum atomic E-state index is -0.0915. The van der Waals surface area contributed by atoms with Gasteiger partial charge in [0, 0.05) is 22.1 Å². The number of aromatic nitrogens is 1. The average Bonchev–Trinajstić information content (AvgIpc) is 3.07. The van der Waals surface area contributed by atoms with Crippen molar-refractivity contribution in [3.8, 4) is 0 Å². The van der Waals surface area contributed by atoms with Crippen LogP contribution in [0.15, 0.2) is 30.3 Å². The molecule has 1 heterocycles. The number of rotatable bonds is 2. The zero-order chi connectivity index (χ0) is 12.0. The maximum Gasteiger partial charge on any atom is 0.168 e. The molecule has 0 bridgehead atoms. The predicted octanol–water partition coefficient (Wildman–Crippen LogP) is 3.53. The molecule has 0 aliphatic heterocycles. The van der Waals surface area contributed by atoms with Crippen molar-refractivity contribution in [2.24, 2.45) is 5.41 Å². The molecule has 2 nitrogen and oxygen atoms in total. The van der Waals surface area contributed by atoms with Gasteiger partial charge in [-0.1, -0.05) is 13.0 Å². The quantitative estimate of drug-likeness (QED) is 0.732. The molecule has 1 aromatic heterocycles. The van der Waals surface area contributed by atoms with E-state index in [1.165, 1.54) is 0 Å². The summed E-state index contributed by atoms with van der Waals surface area (Å²) in [6.07, 6.45) is 2.05. The molecular formula is C15H15NO. The molecule has 86 valence electrons. The highest BCUT2D eigenvalue weighted by Crippen LogP contribution is 2.47. The van der Waals surface area contributed by atoms with Gasteiger partial charge in [0.2, 0.25) is 0 Å². The Hall–Kier alpha value is -1.70. The van der Waals surface area contributed by atoms with Gasteiger partial charge in [0.15, 0.2) is 5.78 Å². The van der Waals surface area contributed by atoms with Gasteiger partial charge in [-0.25, -0.2) is 0 Å². The number of hydrogen-bond acceptors (Lipinski definition) is 2. The summed E-state index contributed by atoms with van der Waals surface area (Å²) in [5, 5.41) is 1.05. The van der Waals surface area contributed by atoms with Gasteiger partial charge in [0.1, 0.15) is 0 Å². The lowest BCUT2D eigenvalue weighted by Crippen LogP contribution is -2.11. The van der Waals surface area contributed by atoms with E-state index >= 15 is 0 Å². The third-order valence-corrected chi connectivity index (χ3v) is 3.64. The van der Waals surface area contributed by atoms with Crippen molar-refractivity contribution in [1.82, 2.24) is 4.98 Å². The van der Waals surface area contributed by atoms with E-state index in [-0.39, 0.29) is 11.2 Å². The zero-order valence-corrected chi connectivity index (χ0v) is 10.2. The van der Waals surface area contributed by atoms with Crippen molar-refractivity contribution < 1.29 is 4.79 Å². The van der Waals surface area contributed by atoms with Gasteiger partial charge in [-0.3, -0.25) is 9.78 Å². The highest BCUT2D eigenvalue weighted by molar-refractivity contribution is 6.04. The Morgan fingerprint density at radius 1 is 1.24 bits per heavy atom.